The van der Waals surface area contributed by atoms with E-state index in [1.54, 1.807) is 12.1 Å². The van der Waals surface area contributed by atoms with E-state index in [4.69, 9.17) is 0 Å². The molecule has 162 valence electrons. The van der Waals surface area contributed by atoms with Crippen LogP contribution in [-0.4, -0.2) is 16.7 Å². The van der Waals surface area contributed by atoms with Gasteiger partial charge in [-0.05, 0) is 41.3 Å². The zero-order valence-corrected chi connectivity index (χ0v) is 17.5. The third-order valence-electron chi connectivity index (χ3n) is 6.63. The fourth-order valence-corrected chi connectivity index (χ4v) is 5.01. The minimum Gasteiger partial charge on any atom is -0.375 e. The third kappa shape index (κ3) is 3.39. The predicted molar refractivity (Wildman–Crippen MR) is 122 cm³/mol. The van der Waals surface area contributed by atoms with E-state index in [0.717, 1.165) is 34.1 Å². The van der Waals surface area contributed by atoms with Gasteiger partial charge in [-0.3, -0.25) is 19.7 Å². The molecule has 32 heavy (non-hydrogen) atoms. The molecule has 1 saturated carbocycles. The van der Waals surface area contributed by atoms with Gasteiger partial charge in [-0.15, -0.1) is 0 Å². The molecule has 1 heterocycles. The first kappa shape index (κ1) is 20.2. The van der Waals surface area contributed by atoms with E-state index in [0.29, 0.717) is 25.1 Å². The van der Waals surface area contributed by atoms with E-state index >= 15 is 0 Å². The summed E-state index contributed by atoms with van der Waals surface area (Å²) in [5.41, 5.74) is 1.49. The van der Waals surface area contributed by atoms with Crippen LogP contribution < -0.4 is 10.2 Å². The number of amides is 2. The number of rotatable bonds is 5. The van der Waals surface area contributed by atoms with Gasteiger partial charge in [0, 0.05) is 12.6 Å². The lowest BCUT2D eigenvalue weighted by Gasteiger charge is -2.19. The summed E-state index contributed by atoms with van der Waals surface area (Å²) >= 11 is 0. The van der Waals surface area contributed by atoms with Crippen LogP contribution in [0.5, 0.6) is 0 Å². The molecular formula is C25H23N3O4. The Labute approximate surface area is 185 Å². The molecule has 5 rings (SSSR count). The summed E-state index contributed by atoms with van der Waals surface area (Å²) in [7, 11) is 0. The second kappa shape index (κ2) is 8.07. The maximum Gasteiger partial charge on any atom is 0.294 e. The van der Waals surface area contributed by atoms with Crippen LogP contribution >= 0.6 is 0 Å². The first-order valence-corrected chi connectivity index (χ1v) is 10.9. The molecule has 0 spiro atoms. The molecule has 1 aliphatic heterocycles. The molecule has 3 aromatic rings. The molecule has 1 N–H and O–H groups in total. The first-order valence-electron chi connectivity index (χ1n) is 10.9. The molecule has 2 atom stereocenters. The van der Waals surface area contributed by atoms with E-state index in [1.165, 1.54) is 6.07 Å². The van der Waals surface area contributed by atoms with Gasteiger partial charge in [-0.2, -0.15) is 0 Å². The van der Waals surface area contributed by atoms with Gasteiger partial charge in [0.2, 0.25) is 11.8 Å². The van der Waals surface area contributed by atoms with Gasteiger partial charge in [-0.1, -0.05) is 55.3 Å². The Balaban J connectivity index is 1.43. The summed E-state index contributed by atoms with van der Waals surface area (Å²) in [5.74, 6) is -1.05. The molecule has 1 aliphatic carbocycles. The number of carbonyl (C=O) groups is 2. The van der Waals surface area contributed by atoms with Crippen LogP contribution in [0.1, 0.15) is 31.2 Å². The van der Waals surface area contributed by atoms with Gasteiger partial charge in [0.15, 0.2) is 0 Å². The number of nitrogens with zero attached hydrogens (tertiary/aromatic N) is 2. The molecule has 1 saturated heterocycles. The van der Waals surface area contributed by atoms with Gasteiger partial charge in [-0.25, -0.2) is 4.90 Å². The maximum atomic E-state index is 12.9. The summed E-state index contributed by atoms with van der Waals surface area (Å²) in [6.07, 6.45) is 3.29. The summed E-state index contributed by atoms with van der Waals surface area (Å²) in [6.45, 7) is 0.410. The van der Waals surface area contributed by atoms with Gasteiger partial charge >= 0.3 is 0 Å². The van der Waals surface area contributed by atoms with Crippen LogP contribution in [0, 0.1) is 22.0 Å². The van der Waals surface area contributed by atoms with Crippen molar-refractivity contribution in [2.45, 2.75) is 32.2 Å². The highest BCUT2D eigenvalue weighted by molar-refractivity contribution is 6.22. The molecule has 2 amide bonds. The zero-order valence-electron chi connectivity index (χ0n) is 17.5. The van der Waals surface area contributed by atoms with Crippen LogP contribution in [0.2, 0.25) is 0 Å². The van der Waals surface area contributed by atoms with Crippen LogP contribution in [0.3, 0.4) is 0 Å². The molecule has 7 nitrogen and oxygen atoms in total. The number of benzene rings is 3. The molecule has 0 unspecified atom stereocenters. The highest BCUT2D eigenvalue weighted by atomic mass is 16.6. The standard InChI is InChI=1S/C25H23N3O4/c29-24-20-10-3-4-11-21(20)25(30)27(24)18-12-13-22(23(14-18)28(31)32)26-15-17-8-5-7-16-6-1-2-9-19(16)17/h1-2,5-9,12-14,20-21,26H,3-4,10-11,15H2/t20-,21+. The number of carbonyl (C=O) groups excluding carboxylic acids is 2. The molecule has 0 radical (unpaired) electrons. The van der Waals surface area contributed by atoms with E-state index in [9.17, 15) is 19.7 Å². The van der Waals surface area contributed by atoms with E-state index in [1.807, 2.05) is 42.5 Å². The number of imide groups is 1. The van der Waals surface area contributed by atoms with E-state index < -0.39 is 4.92 Å². The zero-order chi connectivity index (χ0) is 22.2. The smallest absolute Gasteiger partial charge is 0.294 e. The van der Waals surface area contributed by atoms with Crippen LogP contribution in [0.15, 0.2) is 60.7 Å². The molecule has 0 aromatic heterocycles. The van der Waals surface area contributed by atoms with Crippen molar-refractivity contribution in [2.75, 3.05) is 10.2 Å². The highest BCUT2D eigenvalue weighted by Crippen LogP contribution is 2.41. The number of nitro groups is 1. The van der Waals surface area contributed by atoms with Gasteiger partial charge in [0.05, 0.1) is 22.4 Å². The molecule has 2 fully saturated rings. The molecule has 2 aliphatic rings. The summed E-state index contributed by atoms with van der Waals surface area (Å²) in [4.78, 5) is 38.2. The lowest BCUT2D eigenvalue weighted by Crippen LogP contribution is -2.30. The van der Waals surface area contributed by atoms with Crippen molar-refractivity contribution >= 4 is 39.6 Å². The normalized spacial score (nSPS) is 20.4. The third-order valence-corrected chi connectivity index (χ3v) is 6.63. The van der Waals surface area contributed by atoms with Crippen LogP contribution in [0.4, 0.5) is 17.1 Å². The lowest BCUT2D eigenvalue weighted by molar-refractivity contribution is -0.383. The Kier molecular flexibility index (Phi) is 5.09. The lowest BCUT2D eigenvalue weighted by atomic mass is 9.81. The fourth-order valence-electron chi connectivity index (χ4n) is 5.01. The Morgan fingerprint density at radius 2 is 1.62 bits per heavy atom. The quantitative estimate of drug-likeness (QED) is 0.348. The largest absolute Gasteiger partial charge is 0.375 e. The van der Waals surface area contributed by atoms with Crippen molar-refractivity contribution in [3.63, 3.8) is 0 Å². The first-order chi connectivity index (χ1) is 15.5. The van der Waals surface area contributed by atoms with E-state index in [-0.39, 0.29) is 35.0 Å². The monoisotopic (exact) mass is 429 g/mol. The SMILES string of the molecule is O=C1[C@H]2CCCC[C@H]2C(=O)N1c1ccc(NCc2cccc3ccccc23)c([N+](=O)[O-])c1. The Hall–Kier alpha value is -3.74. The maximum absolute atomic E-state index is 12.9. The molecular weight excluding hydrogens is 406 g/mol. The van der Waals surface area contributed by atoms with Gasteiger partial charge in [0.25, 0.3) is 5.69 Å². The predicted octanol–water partition coefficient (Wildman–Crippen LogP) is 5.04. The number of hydrogen-bond acceptors (Lipinski definition) is 5. The number of anilines is 2. The Morgan fingerprint density at radius 3 is 2.34 bits per heavy atom. The number of fused-ring (bicyclic) bond motifs is 2. The summed E-state index contributed by atoms with van der Waals surface area (Å²) < 4.78 is 0. The van der Waals surface area contributed by atoms with Gasteiger partial charge < -0.3 is 5.32 Å². The molecule has 3 aromatic carbocycles. The van der Waals surface area contributed by atoms with Crippen LogP contribution in [-0.2, 0) is 16.1 Å². The number of hydrogen-bond donors (Lipinski definition) is 1. The minimum atomic E-state index is -0.479. The average Bonchev–Trinajstić information content (AvgIpc) is 3.07. The summed E-state index contributed by atoms with van der Waals surface area (Å²) in [6, 6.07) is 18.5. The Morgan fingerprint density at radius 1 is 0.938 bits per heavy atom. The van der Waals surface area contributed by atoms with Crippen molar-refractivity contribution in [3.05, 3.63) is 76.3 Å². The van der Waals surface area contributed by atoms with Crippen molar-refractivity contribution in [2.24, 2.45) is 11.8 Å². The van der Waals surface area contributed by atoms with Crippen molar-refractivity contribution in [1.82, 2.24) is 0 Å². The number of nitrogens with one attached hydrogen (secondary N) is 1. The summed E-state index contributed by atoms with van der Waals surface area (Å²) in [5, 5.41) is 17.1. The molecule has 0 bridgehead atoms. The molecule has 7 heteroatoms. The minimum absolute atomic E-state index is 0.154. The second-order valence-corrected chi connectivity index (χ2v) is 8.46. The fraction of sp³-hybridized carbons (Fsp3) is 0.280. The van der Waals surface area contributed by atoms with E-state index in [2.05, 4.69) is 5.32 Å². The average molecular weight is 429 g/mol. The second-order valence-electron chi connectivity index (χ2n) is 8.46. The number of nitro benzene ring substituents is 1. The Bertz CT molecular complexity index is 1210. The van der Waals surface area contributed by atoms with Crippen molar-refractivity contribution in [1.29, 1.82) is 0 Å². The topological polar surface area (TPSA) is 92.6 Å². The highest BCUT2D eigenvalue weighted by Gasteiger charge is 2.49. The van der Waals surface area contributed by atoms with Crippen molar-refractivity contribution in [3.8, 4) is 0 Å². The van der Waals surface area contributed by atoms with Gasteiger partial charge in [0.1, 0.15) is 5.69 Å². The van der Waals surface area contributed by atoms with Crippen molar-refractivity contribution < 1.29 is 14.5 Å². The van der Waals surface area contributed by atoms with Crippen LogP contribution in [0.25, 0.3) is 10.8 Å².